The van der Waals surface area contributed by atoms with Gasteiger partial charge in [-0.15, -0.1) is 0 Å². The Labute approximate surface area is 120 Å². The summed E-state index contributed by atoms with van der Waals surface area (Å²) < 4.78 is 0. The van der Waals surface area contributed by atoms with Crippen molar-refractivity contribution in [3.8, 4) is 0 Å². The van der Waals surface area contributed by atoms with Gasteiger partial charge in [0.05, 0.1) is 0 Å². The van der Waals surface area contributed by atoms with Gasteiger partial charge in [-0.25, -0.2) is 4.79 Å². The van der Waals surface area contributed by atoms with E-state index >= 15 is 0 Å². The maximum absolute atomic E-state index is 11.4. The third-order valence-corrected chi connectivity index (χ3v) is 3.18. The smallest absolute Gasteiger partial charge is 0.330 e. The van der Waals surface area contributed by atoms with Gasteiger partial charge in [0.15, 0.2) is 6.04 Å². The molecule has 1 unspecified atom stereocenters. The van der Waals surface area contributed by atoms with Gasteiger partial charge in [-0.2, -0.15) is 0 Å². The molecule has 0 aliphatic carbocycles. The Kier molecular flexibility index (Phi) is 4.30. The zero-order valence-corrected chi connectivity index (χ0v) is 11.3. The average Bonchev–Trinajstić information content (AvgIpc) is 2.37. The number of anilines is 1. The van der Waals surface area contributed by atoms with Crippen molar-refractivity contribution in [1.82, 2.24) is 0 Å². The number of carbonyl (C=O) groups is 1. The van der Waals surface area contributed by atoms with Gasteiger partial charge in [-0.3, -0.25) is 0 Å². The molecular weight excluding hydrogens is 285 g/mol. The fourth-order valence-corrected chi connectivity index (χ4v) is 2.16. The largest absolute Gasteiger partial charge is 0.479 e. The Morgan fingerprint density at radius 3 is 2.47 bits per heavy atom. The molecule has 0 spiro atoms. The van der Waals surface area contributed by atoms with Crippen LogP contribution in [0.25, 0.3) is 0 Å². The molecule has 5 heteroatoms. The van der Waals surface area contributed by atoms with E-state index in [1.165, 1.54) is 0 Å². The summed E-state index contributed by atoms with van der Waals surface area (Å²) in [7, 11) is 0. The maximum Gasteiger partial charge on any atom is 0.330 e. The normalized spacial score (nSPS) is 11.9. The Balaban J connectivity index is 2.32. The second-order valence-electron chi connectivity index (χ2n) is 3.95. The van der Waals surface area contributed by atoms with Gasteiger partial charge < -0.3 is 10.4 Å². The molecule has 0 aliphatic rings. The molecule has 0 saturated heterocycles. The van der Waals surface area contributed by atoms with E-state index in [4.69, 9.17) is 23.2 Å². The number of aliphatic carboxylic acids is 1. The number of nitrogens with one attached hydrogen (secondary N) is 1. The highest BCUT2D eigenvalue weighted by Crippen LogP contribution is 2.27. The number of hydrogen-bond donors (Lipinski definition) is 2. The van der Waals surface area contributed by atoms with Crippen molar-refractivity contribution in [2.24, 2.45) is 0 Å². The molecule has 1 atom stereocenters. The Bertz CT molecular complexity index is 602. The third kappa shape index (κ3) is 3.40. The highest BCUT2D eigenvalue weighted by molar-refractivity contribution is 6.31. The summed E-state index contributed by atoms with van der Waals surface area (Å²) in [5.41, 5.74) is 1.14. The van der Waals surface area contributed by atoms with Gasteiger partial charge in [0, 0.05) is 21.3 Å². The molecule has 0 aliphatic heterocycles. The summed E-state index contributed by atoms with van der Waals surface area (Å²) >= 11 is 11.9. The molecule has 19 heavy (non-hydrogen) atoms. The minimum atomic E-state index is -1.01. The first-order valence-electron chi connectivity index (χ1n) is 5.57. The molecule has 0 saturated carbocycles. The Morgan fingerprint density at radius 1 is 1.11 bits per heavy atom. The SMILES string of the molecule is O=C(O)C(Nc1cccc(Cl)c1)c1ccccc1Cl. The lowest BCUT2D eigenvalue weighted by atomic mass is 10.1. The highest BCUT2D eigenvalue weighted by atomic mass is 35.5. The van der Waals surface area contributed by atoms with Crippen molar-refractivity contribution in [3.05, 3.63) is 64.1 Å². The van der Waals surface area contributed by atoms with Crippen LogP contribution in [0.2, 0.25) is 10.0 Å². The second-order valence-corrected chi connectivity index (χ2v) is 4.79. The minimum absolute atomic E-state index is 0.407. The van der Waals surface area contributed by atoms with Gasteiger partial charge in [0.2, 0.25) is 0 Å². The van der Waals surface area contributed by atoms with Gasteiger partial charge in [-0.1, -0.05) is 47.5 Å². The van der Waals surface area contributed by atoms with Crippen LogP contribution in [-0.4, -0.2) is 11.1 Å². The van der Waals surface area contributed by atoms with Crippen LogP contribution in [0.4, 0.5) is 5.69 Å². The summed E-state index contributed by atoms with van der Waals surface area (Å²) in [5.74, 6) is -1.01. The number of carboxylic acid groups (broad SMARTS) is 1. The molecule has 2 rings (SSSR count). The van der Waals surface area contributed by atoms with E-state index in [-0.39, 0.29) is 0 Å². The first-order chi connectivity index (χ1) is 9.08. The molecule has 0 bridgehead atoms. The maximum atomic E-state index is 11.4. The zero-order chi connectivity index (χ0) is 13.8. The first kappa shape index (κ1) is 13.7. The summed E-state index contributed by atoms with van der Waals surface area (Å²) in [6, 6.07) is 12.8. The zero-order valence-electron chi connectivity index (χ0n) is 9.81. The molecule has 3 nitrogen and oxygen atoms in total. The highest BCUT2D eigenvalue weighted by Gasteiger charge is 2.21. The van der Waals surface area contributed by atoms with E-state index in [0.717, 1.165) is 0 Å². The summed E-state index contributed by atoms with van der Waals surface area (Å²) in [6.07, 6.45) is 0. The van der Waals surface area contributed by atoms with E-state index < -0.39 is 12.0 Å². The topological polar surface area (TPSA) is 49.3 Å². The minimum Gasteiger partial charge on any atom is -0.479 e. The van der Waals surface area contributed by atoms with Crippen LogP contribution >= 0.6 is 23.2 Å². The number of hydrogen-bond acceptors (Lipinski definition) is 2. The van der Waals surface area contributed by atoms with Crippen molar-refractivity contribution >= 4 is 34.9 Å². The molecule has 2 aromatic carbocycles. The monoisotopic (exact) mass is 295 g/mol. The van der Waals surface area contributed by atoms with Crippen LogP contribution in [0.3, 0.4) is 0 Å². The van der Waals surface area contributed by atoms with Crippen molar-refractivity contribution in [2.75, 3.05) is 5.32 Å². The van der Waals surface area contributed by atoms with Crippen molar-refractivity contribution in [1.29, 1.82) is 0 Å². The van der Waals surface area contributed by atoms with E-state index in [1.54, 1.807) is 48.5 Å². The molecule has 0 amide bonds. The van der Waals surface area contributed by atoms with Gasteiger partial charge in [-0.05, 0) is 24.3 Å². The van der Waals surface area contributed by atoms with Crippen LogP contribution in [0.5, 0.6) is 0 Å². The number of carboxylic acids is 1. The van der Waals surface area contributed by atoms with Crippen molar-refractivity contribution < 1.29 is 9.90 Å². The first-order valence-corrected chi connectivity index (χ1v) is 6.33. The van der Waals surface area contributed by atoms with E-state index in [0.29, 0.717) is 21.3 Å². The van der Waals surface area contributed by atoms with Crippen LogP contribution in [0.15, 0.2) is 48.5 Å². The predicted octanol–water partition coefficient (Wildman–Crippen LogP) is 4.23. The molecule has 2 N–H and O–H groups in total. The van der Waals surface area contributed by atoms with Crippen molar-refractivity contribution in [3.63, 3.8) is 0 Å². The predicted molar refractivity (Wildman–Crippen MR) is 76.9 cm³/mol. The molecule has 0 heterocycles. The average molecular weight is 296 g/mol. The van der Waals surface area contributed by atoms with Crippen LogP contribution < -0.4 is 5.32 Å². The molecule has 0 radical (unpaired) electrons. The third-order valence-electron chi connectivity index (χ3n) is 2.60. The number of rotatable bonds is 4. The lowest BCUT2D eigenvalue weighted by Gasteiger charge is -2.17. The fraction of sp³-hybridized carbons (Fsp3) is 0.0714. The lowest BCUT2D eigenvalue weighted by Crippen LogP contribution is -2.20. The quantitative estimate of drug-likeness (QED) is 0.887. The van der Waals surface area contributed by atoms with Crippen molar-refractivity contribution in [2.45, 2.75) is 6.04 Å². The fourth-order valence-electron chi connectivity index (χ4n) is 1.73. The van der Waals surface area contributed by atoms with Gasteiger partial charge in [0.1, 0.15) is 0 Å². The molecule has 0 aromatic heterocycles. The number of halogens is 2. The molecule has 2 aromatic rings. The second kappa shape index (κ2) is 5.95. The van der Waals surface area contributed by atoms with E-state index in [9.17, 15) is 9.90 Å². The summed E-state index contributed by atoms with van der Waals surface area (Å²) in [6.45, 7) is 0. The van der Waals surface area contributed by atoms with Gasteiger partial charge >= 0.3 is 5.97 Å². The standard InChI is InChI=1S/C14H11Cl2NO2/c15-9-4-3-5-10(8-9)17-13(14(18)19)11-6-1-2-7-12(11)16/h1-8,13,17H,(H,18,19). The Hall–Kier alpha value is -1.71. The Morgan fingerprint density at radius 2 is 1.84 bits per heavy atom. The van der Waals surface area contributed by atoms with E-state index in [1.807, 2.05) is 0 Å². The molecular formula is C14H11Cl2NO2. The van der Waals surface area contributed by atoms with Gasteiger partial charge in [0.25, 0.3) is 0 Å². The molecule has 0 fully saturated rings. The summed E-state index contributed by atoms with van der Waals surface area (Å²) in [5, 5.41) is 13.2. The number of benzene rings is 2. The van der Waals surface area contributed by atoms with Crippen LogP contribution in [-0.2, 0) is 4.79 Å². The molecule has 98 valence electrons. The summed E-state index contributed by atoms with van der Waals surface area (Å²) in [4.78, 5) is 11.4. The van der Waals surface area contributed by atoms with Crippen LogP contribution in [0.1, 0.15) is 11.6 Å². The van der Waals surface area contributed by atoms with Crippen LogP contribution in [0, 0.1) is 0 Å². The lowest BCUT2D eigenvalue weighted by molar-refractivity contribution is -0.138. The van der Waals surface area contributed by atoms with E-state index in [2.05, 4.69) is 5.32 Å².